The van der Waals surface area contributed by atoms with E-state index >= 15 is 0 Å². The van der Waals surface area contributed by atoms with Gasteiger partial charge in [-0.25, -0.2) is 0 Å². The van der Waals surface area contributed by atoms with E-state index in [1.54, 1.807) is 6.20 Å². The van der Waals surface area contributed by atoms with Gasteiger partial charge in [-0.2, -0.15) is 5.10 Å². The molecule has 0 aliphatic heterocycles. The van der Waals surface area contributed by atoms with Gasteiger partial charge in [0.15, 0.2) is 0 Å². The minimum atomic E-state index is -0.375. The number of aromatic nitrogens is 2. The molecular formula is C20H22N4O. The van der Waals surface area contributed by atoms with E-state index in [1.165, 1.54) is 0 Å². The Labute approximate surface area is 147 Å². The van der Waals surface area contributed by atoms with Crippen LogP contribution in [-0.2, 0) is 4.79 Å². The fourth-order valence-electron chi connectivity index (χ4n) is 2.83. The molecule has 25 heavy (non-hydrogen) atoms. The Morgan fingerprint density at radius 2 is 1.88 bits per heavy atom. The Morgan fingerprint density at radius 1 is 1.12 bits per heavy atom. The second-order valence-corrected chi connectivity index (χ2v) is 5.90. The number of rotatable bonds is 6. The number of likely N-dealkylation sites (N-methyl/N-ethyl adjacent to an activating group) is 1. The molecule has 0 radical (unpaired) electrons. The summed E-state index contributed by atoms with van der Waals surface area (Å²) in [7, 11) is 0. The normalized spacial score (nSPS) is 11.9. The lowest BCUT2D eigenvalue weighted by molar-refractivity contribution is -0.118. The number of hydrogen-bond acceptors (Lipinski definition) is 3. The van der Waals surface area contributed by atoms with Gasteiger partial charge >= 0.3 is 0 Å². The summed E-state index contributed by atoms with van der Waals surface area (Å²) >= 11 is 0. The minimum absolute atomic E-state index is 0.0628. The maximum absolute atomic E-state index is 12.8. The van der Waals surface area contributed by atoms with Crippen LogP contribution < -0.4 is 10.6 Å². The van der Waals surface area contributed by atoms with Gasteiger partial charge in [0.1, 0.15) is 6.04 Å². The highest BCUT2D eigenvalue weighted by Crippen LogP contribution is 2.22. The number of aryl methyl sites for hydroxylation is 1. The van der Waals surface area contributed by atoms with Crippen molar-refractivity contribution in [1.29, 1.82) is 0 Å². The Morgan fingerprint density at radius 3 is 2.52 bits per heavy atom. The summed E-state index contributed by atoms with van der Waals surface area (Å²) in [6, 6.07) is 15.3. The van der Waals surface area contributed by atoms with Crippen molar-refractivity contribution in [1.82, 2.24) is 15.5 Å². The summed E-state index contributed by atoms with van der Waals surface area (Å²) in [5.41, 5.74) is 4.93. The predicted molar refractivity (Wildman–Crippen MR) is 100 cm³/mol. The van der Waals surface area contributed by atoms with E-state index in [1.807, 2.05) is 68.6 Å². The maximum Gasteiger partial charge on any atom is 0.246 e. The standard InChI is InChI=1S/C20H22N4O/c1-3-21-19(18-7-5-4-6-14(18)2)20(25)24-17-10-8-15(9-11-17)16-12-22-23-13-16/h4-13,19,21H,3H2,1-2H3,(H,22,23)(H,24,25). The smallest absolute Gasteiger partial charge is 0.246 e. The van der Waals surface area contributed by atoms with E-state index < -0.39 is 0 Å². The van der Waals surface area contributed by atoms with Crippen molar-refractivity contribution >= 4 is 11.6 Å². The van der Waals surface area contributed by atoms with Crippen LogP contribution in [0.15, 0.2) is 60.9 Å². The van der Waals surface area contributed by atoms with Crippen LogP contribution in [0.3, 0.4) is 0 Å². The zero-order valence-corrected chi connectivity index (χ0v) is 14.4. The molecule has 0 saturated heterocycles. The van der Waals surface area contributed by atoms with Gasteiger partial charge in [-0.1, -0.05) is 43.3 Å². The van der Waals surface area contributed by atoms with Gasteiger partial charge in [0.05, 0.1) is 6.20 Å². The van der Waals surface area contributed by atoms with Crippen LogP contribution in [0.25, 0.3) is 11.1 Å². The molecule has 1 amide bonds. The minimum Gasteiger partial charge on any atom is -0.324 e. The highest BCUT2D eigenvalue weighted by atomic mass is 16.2. The van der Waals surface area contributed by atoms with Crippen LogP contribution in [0.2, 0.25) is 0 Å². The van der Waals surface area contributed by atoms with E-state index in [2.05, 4.69) is 20.8 Å². The van der Waals surface area contributed by atoms with Crippen LogP contribution in [-0.4, -0.2) is 22.6 Å². The first-order valence-electron chi connectivity index (χ1n) is 8.38. The lowest BCUT2D eigenvalue weighted by Gasteiger charge is -2.20. The first-order chi connectivity index (χ1) is 12.2. The molecule has 3 N–H and O–H groups in total. The van der Waals surface area contributed by atoms with Crippen molar-refractivity contribution in [2.75, 3.05) is 11.9 Å². The monoisotopic (exact) mass is 334 g/mol. The largest absolute Gasteiger partial charge is 0.324 e. The van der Waals surface area contributed by atoms with E-state index in [9.17, 15) is 4.79 Å². The zero-order valence-electron chi connectivity index (χ0n) is 14.4. The van der Waals surface area contributed by atoms with Crippen LogP contribution in [0, 0.1) is 6.92 Å². The van der Waals surface area contributed by atoms with Crippen molar-refractivity contribution in [3.63, 3.8) is 0 Å². The molecule has 5 nitrogen and oxygen atoms in total. The number of aromatic amines is 1. The third-order valence-electron chi connectivity index (χ3n) is 4.15. The summed E-state index contributed by atoms with van der Waals surface area (Å²) < 4.78 is 0. The summed E-state index contributed by atoms with van der Waals surface area (Å²) in [6.45, 7) is 4.73. The van der Waals surface area contributed by atoms with Gasteiger partial charge in [0.2, 0.25) is 5.91 Å². The number of carbonyl (C=O) groups excluding carboxylic acids is 1. The van der Waals surface area contributed by atoms with Crippen LogP contribution in [0.1, 0.15) is 24.1 Å². The number of amides is 1. The average molecular weight is 334 g/mol. The van der Waals surface area contributed by atoms with Gasteiger partial charge < -0.3 is 10.6 Å². The fourth-order valence-corrected chi connectivity index (χ4v) is 2.83. The van der Waals surface area contributed by atoms with Gasteiger partial charge in [-0.15, -0.1) is 0 Å². The molecule has 0 bridgehead atoms. The van der Waals surface area contributed by atoms with E-state index in [4.69, 9.17) is 0 Å². The molecule has 5 heteroatoms. The molecule has 0 aliphatic rings. The number of hydrogen-bond donors (Lipinski definition) is 3. The summed E-state index contributed by atoms with van der Waals surface area (Å²) in [5.74, 6) is -0.0628. The molecule has 2 aromatic carbocycles. The number of nitrogens with zero attached hydrogens (tertiary/aromatic N) is 1. The molecule has 3 aromatic rings. The maximum atomic E-state index is 12.8. The van der Waals surface area contributed by atoms with E-state index in [-0.39, 0.29) is 11.9 Å². The second-order valence-electron chi connectivity index (χ2n) is 5.90. The Balaban J connectivity index is 1.76. The SMILES string of the molecule is CCNC(C(=O)Nc1ccc(-c2cn[nH]c2)cc1)c1ccccc1C. The average Bonchev–Trinajstić information content (AvgIpc) is 3.16. The lowest BCUT2D eigenvalue weighted by Crippen LogP contribution is -2.33. The molecule has 0 saturated carbocycles. The summed E-state index contributed by atoms with van der Waals surface area (Å²) in [6.07, 6.45) is 3.61. The first-order valence-corrected chi connectivity index (χ1v) is 8.38. The van der Waals surface area contributed by atoms with Crippen LogP contribution >= 0.6 is 0 Å². The Kier molecular flexibility index (Phi) is 5.26. The molecule has 3 rings (SSSR count). The molecular weight excluding hydrogens is 312 g/mol. The van der Waals surface area contributed by atoms with Crippen molar-refractivity contribution < 1.29 is 4.79 Å². The molecule has 1 atom stereocenters. The van der Waals surface area contributed by atoms with Crippen molar-refractivity contribution in [2.45, 2.75) is 19.9 Å². The van der Waals surface area contributed by atoms with Crippen LogP contribution in [0.4, 0.5) is 5.69 Å². The number of anilines is 1. The third kappa shape index (κ3) is 3.95. The van der Waals surface area contributed by atoms with E-state index in [0.29, 0.717) is 6.54 Å². The second kappa shape index (κ2) is 7.77. The molecule has 128 valence electrons. The van der Waals surface area contributed by atoms with Crippen molar-refractivity contribution in [2.24, 2.45) is 0 Å². The highest BCUT2D eigenvalue weighted by Gasteiger charge is 2.21. The van der Waals surface area contributed by atoms with Gasteiger partial charge in [-0.3, -0.25) is 9.89 Å². The Bertz CT molecular complexity index is 825. The third-order valence-corrected chi connectivity index (χ3v) is 4.15. The highest BCUT2D eigenvalue weighted by molar-refractivity contribution is 5.96. The molecule has 0 aliphatic carbocycles. The van der Waals surface area contributed by atoms with Gasteiger partial charge in [0, 0.05) is 17.4 Å². The molecule has 0 fully saturated rings. The first kappa shape index (κ1) is 16.9. The number of nitrogens with one attached hydrogen (secondary N) is 3. The van der Waals surface area contributed by atoms with E-state index in [0.717, 1.165) is 27.9 Å². The molecule has 1 aromatic heterocycles. The molecule has 1 heterocycles. The quantitative estimate of drug-likeness (QED) is 0.644. The van der Waals surface area contributed by atoms with Crippen molar-refractivity contribution in [3.8, 4) is 11.1 Å². The summed E-state index contributed by atoms with van der Waals surface area (Å²) in [4.78, 5) is 12.8. The number of carbonyl (C=O) groups is 1. The number of benzene rings is 2. The topological polar surface area (TPSA) is 69.8 Å². The fraction of sp³-hybridized carbons (Fsp3) is 0.200. The predicted octanol–water partition coefficient (Wildman–Crippen LogP) is 3.67. The van der Waals surface area contributed by atoms with Gasteiger partial charge in [0.25, 0.3) is 0 Å². The van der Waals surface area contributed by atoms with Crippen molar-refractivity contribution in [3.05, 3.63) is 72.1 Å². The lowest BCUT2D eigenvalue weighted by atomic mass is 10.0. The number of H-pyrrole nitrogens is 1. The molecule has 0 spiro atoms. The summed E-state index contributed by atoms with van der Waals surface area (Å²) in [5, 5.41) is 13.0. The molecule has 1 unspecified atom stereocenters. The van der Waals surface area contributed by atoms with Crippen LogP contribution in [0.5, 0.6) is 0 Å². The zero-order chi connectivity index (χ0) is 17.6. The van der Waals surface area contributed by atoms with Gasteiger partial charge in [-0.05, 0) is 42.3 Å². The Hall–Kier alpha value is -2.92.